The van der Waals surface area contributed by atoms with Crippen LogP contribution in [0, 0.1) is 11.5 Å². The van der Waals surface area contributed by atoms with Gasteiger partial charge in [-0.05, 0) is 31.9 Å². The molecule has 0 radical (unpaired) electrons. The van der Waals surface area contributed by atoms with Crippen LogP contribution in [0.5, 0.6) is 0 Å². The largest absolute Gasteiger partial charge is 0.350 e. The van der Waals surface area contributed by atoms with E-state index in [1.54, 1.807) is 23.1 Å². The average Bonchev–Trinajstić information content (AvgIpc) is 3.20. The molecule has 0 bridgehead atoms. The van der Waals surface area contributed by atoms with Gasteiger partial charge in [0.1, 0.15) is 5.69 Å². The normalized spacial score (nSPS) is 22.6. The third kappa shape index (κ3) is 3.47. The van der Waals surface area contributed by atoms with Crippen molar-refractivity contribution >= 4 is 17.5 Å². The fraction of sp³-hybridized carbons (Fsp3) is 0.389. The van der Waals surface area contributed by atoms with Gasteiger partial charge in [0.25, 0.3) is 5.91 Å². The molecule has 1 aliphatic heterocycles. The molecule has 0 saturated carbocycles. The summed E-state index contributed by atoms with van der Waals surface area (Å²) in [5.41, 5.74) is 1.34. The lowest BCUT2D eigenvalue weighted by Crippen LogP contribution is -2.42. The molecule has 25 heavy (non-hydrogen) atoms. The first-order valence-corrected chi connectivity index (χ1v) is 8.62. The quantitative estimate of drug-likeness (QED) is 0.846. The number of nitrogens with zero attached hydrogens (tertiary/aromatic N) is 3. The average molecular weight is 359 g/mol. The van der Waals surface area contributed by atoms with Gasteiger partial charge in [-0.15, -0.1) is 0 Å². The molecule has 2 aromatic rings. The van der Waals surface area contributed by atoms with Crippen molar-refractivity contribution in [1.82, 2.24) is 15.4 Å². The summed E-state index contributed by atoms with van der Waals surface area (Å²) < 4.78 is 5.19. The van der Waals surface area contributed by atoms with E-state index in [0.29, 0.717) is 10.7 Å². The molecule has 0 spiro atoms. The molecule has 1 fully saturated rings. The highest BCUT2D eigenvalue weighted by Gasteiger charge is 2.38. The first kappa shape index (κ1) is 17.3. The van der Waals surface area contributed by atoms with Gasteiger partial charge in [-0.3, -0.25) is 4.79 Å². The second-order valence-electron chi connectivity index (χ2n) is 6.21. The Morgan fingerprint density at radius 3 is 2.96 bits per heavy atom. The SMILES string of the molecule is CC[C@@H]1C[C@H](NC(=O)c2cc(-c3cccc(Cl)c3)no2)[C@H](C)N1C#N. The number of aromatic nitrogens is 1. The maximum Gasteiger partial charge on any atom is 0.290 e. The maximum atomic E-state index is 12.5. The Bertz CT molecular complexity index is 813. The monoisotopic (exact) mass is 358 g/mol. The van der Waals surface area contributed by atoms with Crippen LogP contribution in [-0.4, -0.2) is 34.1 Å². The van der Waals surface area contributed by atoms with Gasteiger partial charge in [0.15, 0.2) is 6.19 Å². The van der Waals surface area contributed by atoms with Crippen molar-refractivity contribution in [3.8, 4) is 17.5 Å². The highest BCUT2D eigenvalue weighted by molar-refractivity contribution is 6.30. The third-order valence-corrected chi connectivity index (χ3v) is 4.93. The standard InChI is InChI=1S/C18H19ClN4O2/c1-3-14-8-15(11(2)23(14)10-20)21-18(24)17-9-16(22-25-17)12-5-4-6-13(19)7-12/h4-7,9,11,14-15H,3,8H2,1-2H3,(H,21,24)/t11-,14+,15-/m0/s1. The third-order valence-electron chi connectivity index (χ3n) is 4.70. The molecule has 0 aliphatic carbocycles. The highest BCUT2D eigenvalue weighted by Crippen LogP contribution is 2.26. The van der Waals surface area contributed by atoms with Gasteiger partial charge in [0.05, 0.1) is 12.1 Å². The van der Waals surface area contributed by atoms with Crippen LogP contribution < -0.4 is 5.32 Å². The number of rotatable bonds is 4. The van der Waals surface area contributed by atoms with E-state index in [-0.39, 0.29) is 29.8 Å². The van der Waals surface area contributed by atoms with E-state index in [9.17, 15) is 10.1 Å². The zero-order valence-corrected chi connectivity index (χ0v) is 14.8. The first-order valence-electron chi connectivity index (χ1n) is 8.25. The van der Waals surface area contributed by atoms with Crippen LogP contribution in [0.25, 0.3) is 11.3 Å². The zero-order chi connectivity index (χ0) is 18.0. The number of hydrogen-bond donors (Lipinski definition) is 1. The molecule has 1 amide bonds. The molecule has 3 rings (SSSR count). The smallest absolute Gasteiger partial charge is 0.290 e. The fourth-order valence-corrected chi connectivity index (χ4v) is 3.44. The molecule has 0 unspecified atom stereocenters. The lowest BCUT2D eigenvalue weighted by Gasteiger charge is -2.22. The van der Waals surface area contributed by atoms with Crippen molar-refractivity contribution in [3.05, 3.63) is 41.1 Å². The number of halogens is 1. The Labute approximate surface area is 151 Å². The van der Waals surface area contributed by atoms with Crippen molar-refractivity contribution in [3.63, 3.8) is 0 Å². The van der Waals surface area contributed by atoms with Gasteiger partial charge < -0.3 is 14.7 Å². The summed E-state index contributed by atoms with van der Waals surface area (Å²) in [5, 5.41) is 16.8. The molecule has 7 heteroatoms. The number of carbonyl (C=O) groups excluding carboxylic acids is 1. The molecule has 6 nitrogen and oxygen atoms in total. The van der Waals surface area contributed by atoms with E-state index in [1.807, 2.05) is 26.0 Å². The van der Waals surface area contributed by atoms with E-state index < -0.39 is 0 Å². The summed E-state index contributed by atoms with van der Waals surface area (Å²) >= 11 is 5.98. The van der Waals surface area contributed by atoms with E-state index in [4.69, 9.17) is 16.1 Å². The summed E-state index contributed by atoms with van der Waals surface area (Å²) in [4.78, 5) is 14.2. The van der Waals surface area contributed by atoms with Gasteiger partial charge in [-0.25, -0.2) is 0 Å². The van der Waals surface area contributed by atoms with Crippen LogP contribution in [0.1, 0.15) is 37.2 Å². The molecule has 2 heterocycles. The second kappa shape index (κ2) is 7.16. The minimum atomic E-state index is -0.327. The molecule has 130 valence electrons. The first-order chi connectivity index (χ1) is 12.0. The van der Waals surface area contributed by atoms with Crippen molar-refractivity contribution in [1.29, 1.82) is 5.26 Å². The van der Waals surface area contributed by atoms with Gasteiger partial charge in [-0.1, -0.05) is 35.8 Å². The Morgan fingerprint density at radius 2 is 2.32 bits per heavy atom. The van der Waals surface area contributed by atoms with Crippen LogP contribution >= 0.6 is 11.6 Å². The van der Waals surface area contributed by atoms with Crippen LogP contribution in [0.4, 0.5) is 0 Å². The summed E-state index contributed by atoms with van der Waals surface area (Å²) in [5.74, 6) is -0.182. The predicted octanol–water partition coefficient (Wildman–Crippen LogP) is 3.45. The van der Waals surface area contributed by atoms with Crippen molar-refractivity contribution in [2.45, 2.75) is 44.8 Å². The molecule has 1 saturated heterocycles. The predicted molar refractivity (Wildman–Crippen MR) is 93.8 cm³/mol. The molecule has 1 aromatic heterocycles. The molecule has 3 atom stereocenters. The van der Waals surface area contributed by atoms with Gasteiger partial charge in [0.2, 0.25) is 5.76 Å². The van der Waals surface area contributed by atoms with Crippen molar-refractivity contribution < 1.29 is 9.32 Å². The van der Waals surface area contributed by atoms with Crippen LogP contribution in [0.15, 0.2) is 34.9 Å². The number of nitriles is 1. The fourth-order valence-electron chi connectivity index (χ4n) is 3.25. The summed E-state index contributed by atoms with van der Waals surface area (Å²) in [6.45, 7) is 3.99. The minimum Gasteiger partial charge on any atom is -0.350 e. The van der Waals surface area contributed by atoms with Crippen molar-refractivity contribution in [2.24, 2.45) is 0 Å². The van der Waals surface area contributed by atoms with E-state index in [0.717, 1.165) is 18.4 Å². The van der Waals surface area contributed by atoms with Gasteiger partial charge in [-0.2, -0.15) is 5.26 Å². The molecular weight excluding hydrogens is 340 g/mol. The van der Waals surface area contributed by atoms with E-state index in [2.05, 4.69) is 16.7 Å². The Balaban J connectivity index is 1.72. The minimum absolute atomic E-state index is 0.0470. The molecule has 1 aliphatic rings. The Kier molecular flexibility index (Phi) is 4.95. The maximum absolute atomic E-state index is 12.5. The molecule has 1 aromatic carbocycles. The van der Waals surface area contributed by atoms with Crippen LogP contribution in [0.3, 0.4) is 0 Å². The summed E-state index contributed by atoms with van der Waals surface area (Å²) in [6.07, 6.45) is 3.83. The van der Waals surface area contributed by atoms with E-state index in [1.165, 1.54) is 0 Å². The summed E-state index contributed by atoms with van der Waals surface area (Å²) in [7, 11) is 0. The van der Waals surface area contributed by atoms with Crippen LogP contribution in [0.2, 0.25) is 5.02 Å². The number of nitrogens with one attached hydrogen (secondary N) is 1. The second-order valence-corrected chi connectivity index (χ2v) is 6.65. The number of benzene rings is 1. The number of hydrogen-bond acceptors (Lipinski definition) is 5. The summed E-state index contributed by atoms with van der Waals surface area (Å²) in [6, 6.07) is 8.80. The number of amides is 1. The zero-order valence-electron chi connectivity index (χ0n) is 14.1. The van der Waals surface area contributed by atoms with Gasteiger partial charge in [0, 0.05) is 22.7 Å². The lowest BCUT2D eigenvalue weighted by molar-refractivity contribution is 0.0894. The topological polar surface area (TPSA) is 82.2 Å². The Hall–Kier alpha value is -2.52. The molecule has 1 N–H and O–H groups in total. The number of likely N-dealkylation sites (tertiary alicyclic amines) is 1. The van der Waals surface area contributed by atoms with E-state index >= 15 is 0 Å². The Morgan fingerprint density at radius 1 is 1.52 bits per heavy atom. The van der Waals surface area contributed by atoms with Crippen molar-refractivity contribution in [2.75, 3.05) is 0 Å². The highest BCUT2D eigenvalue weighted by atomic mass is 35.5. The van der Waals surface area contributed by atoms with Crippen LogP contribution in [-0.2, 0) is 0 Å². The molecular formula is C18H19ClN4O2. The van der Waals surface area contributed by atoms with Gasteiger partial charge >= 0.3 is 0 Å². The lowest BCUT2D eigenvalue weighted by atomic mass is 10.1. The number of carbonyl (C=O) groups is 1.